The predicted molar refractivity (Wildman–Crippen MR) is 123 cm³/mol. The Morgan fingerprint density at radius 1 is 1.19 bits per heavy atom. The average Bonchev–Trinajstić information content (AvgIpc) is 3.19. The average molecular weight is 484 g/mol. The molecule has 0 atom stereocenters. The molecule has 0 saturated carbocycles. The number of anilines is 1. The Morgan fingerprint density at radius 2 is 1.97 bits per heavy atom. The summed E-state index contributed by atoms with van der Waals surface area (Å²) in [5.74, 6) is -1.18. The molecule has 0 radical (unpaired) electrons. The smallest absolute Gasteiger partial charge is 0.266 e. The fourth-order valence-electron chi connectivity index (χ4n) is 3.39. The fourth-order valence-corrected chi connectivity index (χ4v) is 4.42. The standard InChI is InChI=1S/C22H23F2N3O3S.ClH/c23-16-6-7-18-20(14-16)31-22(25-18)27(9-3-8-26-10-12-29-13-11-26)21(28)15-30-19-5-2-1-4-17(19)24;/h1-2,4-7,14H,3,8-13,15H2;1H. The second-order valence-electron chi connectivity index (χ2n) is 7.18. The summed E-state index contributed by atoms with van der Waals surface area (Å²) >= 11 is 1.25. The lowest BCUT2D eigenvalue weighted by Crippen LogP contribution is -2.40. The van der Waals surface area contributed by atoms with Crippen molar-refractivity contribution in [1.29, 1.82) is 0 Å². The largest absolute Gasteiger partial charge is 0.481 e. The van der Waals surface area contributed by atoms with E-state index in [-0.39, 0.29) is 36.5 Å². The van der Waals surface area contributed by atoms with E-state index in [0.717, 1.165) is 26.1 Å². The van der Waals surface area contributed by atoms with E-state index >= 15 is 0 Å². The van der Waals surface area contributed by atoms with Crippen molar-refractivity contribution in [3.8, 4) is 5.75 Å². The Bertz CT molecular complexity index is 1050. The van der Waals surface area contributed by atoms with Gasteiger partial charge in [-0.05, 0) is 36.8 Å². The molecule has 2 aromatic carbocycles. The van der Waals surface area contributed by atoms with Gasteiger partial charge in [-0.1, -0.05) is 23.5 Å². The maximum Gasteiger partial charge on any atom is 0.266 e. The maximum absolute atomic E-state index is 13.8. The molecule has 32 heavy (non-hydrogen) atoms. The first kappa shape index (κ1) is 24.3. The Kier molecular flexibility index (Phi) is 8.75. The quantitative estimate of drug-likeness (QED) is 0.482. The first-order valence-corrected chi connectivity index (χ1v) is 11.0. The Hall–Kier alpha value is -2.33. The molecule has 10 heteroatoms. The van der Waals surface area contributed by atoms with Crippen LogP contribution in [0.1, 0.15) is 6.42 Å². The molecule has 1 fully saturated rings. The van der Waals surface area contributed by atoms with Crippen molar-refractivity contribution in [3.63, 3.8) is 0 Å². The van der Waals surface area contributed by atoms with E-state index in [0.29, 0.717) is 35.1 Å². The SMILES string of the molecule is Cl.O=C(COc1ccccc1F)N(CCCN1CCOCC1)c1nc2ccc(F)cc2s1. The summed E-state index contributed by atoms with van der Waals surface area (Å²) in [7, 11) is 0. The molecule has 0 bridgehead atoms. The van der Waals surface area contributed by atoms with Crippen LogP contribution >= 0.6 is 23.7 Å². The first-order valence-electron chi connectivity index (χ1n) is 10.1. The normalized spacial score (nSPS) is 14.2. The van der Waals surface area contributed by atoms with Gasteiger partial charge in [0.1, 0.15) is 5.82 Å². The van der Waals surface area contributed by atoms with E-state index in [9.17, 15) is 13.6 Å². The van der Waals surface area contributed by atoms with E-state index in [1.165, 1.54) is 35.6 Å². The number of halogens is 3. The number of nitrogens with zero attached hydrogens (tertiary/aromatic N) is 3. The van der Waals surface area contributed by atoms with Crippen LogP contribution in [0.25, 0.3) is 10.2 Å². The van der Waals surface area contributed by atoms with Gasteiger partial charge in [-0.2, -0.15) is 0 Å². The van der Waals surface area contributed by atoms with E-state index in [2.05, 4.69) is 9.88 Å². The number of hydrogen-bond donors (Lipinski definition) is 0. The van der Waals surface area contributed by atoms with E-state index in [4.69, 9.17) is 9.47 Å². The Balaban J connectivity index is 0.00000289. The number of carbonyl (C=O) groups is 1. The zero-order valence-corrected chi connectivity index (χ0v) is 19.0. The van der Waals surface area contributed by atoms with Crippen LogP contribution < -0.4 is 9.64 Å². The number of hydrogen-bond acceptors (Lipinski definition) is 6. The molecule has 2 heterocycles. The van der Waals surface area contributed by atoms with Gasteiger partial charge < -0.3 is 9.47 Å². The van der Waals surface area contributed by atoms with Crippen molar-refractivity contribution in [2.75, 3.05) is 50.9 Å². The molecule has 0 aliphatic carbocycles. The minimum Gasteiger partial charge on any atom is -0.481 e. The fraction of sp³-hybridized carbons (Fsp3) is 0.364. The Morgan fingerprint density at radius 3 is 2.75 bits per heavy atom. The van der Waals surface area contributed by atoms with Gasteiger partial charge in [0.2, 0.25) is 0 Å². The van der Waals surface area contributed by atoms with Gasteiger partial charge in [0, 0.05) is 26.2 Å². The van der Waals surface area contributed by atoms with Crippen molar-refractivity contribution in [2.24, 2.45) is 0 Å². The molecule has 1 amide bonds. The summed E-state index contributed by atoms with van der Waals surface area (Å²) in [6.07, 6.45) is 0.732. The van der Waals surface area contributed by atoms with Crippen LogP contribution in [-0.4, -0.2) is 61.8 Å². The van der Waals surface area contributed by atoms with Gasteiger partial charge in [0.15, 0.2) is 23.3 Å². The molecule has 1 aromatic heterocycles. The van der Waals surface area contributed by atoms with Gasteiger partial charge in [0.05, 0.1) is 23.4 Å². The number of morpholine rings is 1. The summed E-state index contributed by atoms with van der Waals surface area (Å²) in [6.45, 7) is 4.09. The van der Waals surface area contributed by atoms with Crippen LogP contribution in [0.5, 0.6) is 5.75 Å². The first-order chi connectivity index (χ1) is 15.1. The van der Waals surface area contributed by atoms with Gasteiger partial charge in [-0.15, -0.1) is 12.4 Å². The lowest BCUT2D eigenvalue weighted by Gasteiger charge is -2.27. The van der Waals surface area contributed by atoms with Crippen molar-refractivity contribution in [1.82, 2.24) is 9.88 Å². The number of benzene rings is 2. The van der Waals surface area contributed by atoms with Gasteiger partial charge in [-0.3, -0.25) is 14.6 Å². The zero-order chi connectivity index (χ0) is 21.6. The highest BCUT2D eigenvalue weighted by Gasteiger charge is 2.21. The van der Waals surface area contributed by atoms with Crippen LogP contribution in [0, 0.1) is 11.6 Å². The van der Waals surface area contributed by atoms with Crippen LogP contribution in [0.3, 0.4) is 0 Å². The summed E-state index contributed by atoms with van der Waals surface area (Å²) < 4.78 is 38.9. The van der Waals surface area contributed by atoms with Crippen LogP contribution in [0.2, 0.25) is 0 Å². The minimum absolute atomic E-state index is 0. The minimum atomic E-state index is -0.523. The van der Waals surface area contributed by atoms with E-state index < -0.39 is 5.82 Å². The van der Waals surface area contributed by atoms with E-state index in [1.54, 1.807) is 23.1 Å². The van der Waals surface area contributed by atoms with Gasteiger partial charge in [0.25, 0.3) is 5.91 Å². The number of para-hydroxylation sites is 1. The summed E-state index contributed by atoms with van der Waals surface area (Å²) in [4.78, 5) is 21.3. The van der Waals surface area contributed by atoms with Crippen molar-refractivity contribution in [3.05, 3.63) is 54.1 Å². The topological polar surface area (TPSA) is 54.9 Å². The van der Waals surface area contributed by atoms with Gasteiger partial charge in [-0.25, -0.2) is 13.8 Å². The second kappa shape index (κ2) is 11.5. The lowest BCUT2D eigenvalue weighted by molar-refractivity contribution is -0.120. The number of thiazole rings is 1. The number of amides is 1. The van der Waals surface area contributed by atoms with Crippen molar-refractivity contribution < 1.29 is 23.0 Å². The highest BCUT2D eigenvalue weighted by atomic mass is 35.5. The van der Waals surface area contributed by atoms with Crippen LogP contribution in [0.4, 0.5) is 13.9 Å². The maximum atomic E-state index is 13.8. The van der Waals surface area contributed by atoms with E-state index in [1.807, 2.05) is 0 Å². The molecular formula is C22H24ClF2N3O3S. The molecule has 1 aliphatic rings. The number of carbonyl (C=O) groups excluding carboxylic acids is 1. The molecule has 0 spiro atoms. The van der Waals surface area contributed by atoms with Crippen molar-refractivity contribution >= 4 is 45.0 Å². The summed E-state index contributed by atoms with van der Waals surface area (Å²) in [5, 5.41) is 0.477. The van der Waals surface area contributed by atoms with Gasteiger partial charge >= 0.3 is 0 Å². The highest BCUT2D eigenvalue weighted by Crippen LogP contribution is 2.30. The summed E-state index contributed by atoms with van der Waals surface area (Å²) in [5.41, 5.74) is 0.627. The molecule has 4 rings (SSSR count). The molecule has 0 unspecified atom stereocenters. The number of fused-ring (bicyclic) bond motifs is 1. The molecule has 1 saturated heterocycles. The predicted octanol–water partition coefficient (Wildman–Crippen LogP) is 4.13. The van der Waals surface area contributed by atoms with Crippen LogP contribution in [-0.2, 0) is 9.53 Å². The van der Waals surface area contributed by atoms with Crippen molar-refractivity contribution in [2.45, 2.75) is 6.42 Å². The third kappa shape index (κ3) is 6.13. The Labute approximate surface area is 195 Å². The number of aromatic nitrogens is 1. The molecule has 1 aliphatic heterocycles. The monoisotopic (exact) mass is 483 g/mol. The molecule has 172 valence electrons. The second-order valence-corrected chi connectivity index (χ2v) is 8.19. The third-order valence-corrected chi connectivity index (χ3v) is 6.06. The third-order valence-electron chi connectivity index (χ3n) is 5.02. The molecule has 6 nitrogen and oxygen atoms in total. The molecule has 3 aromatic rings. The highest BCUT2D eigenvalue weighted by molar-refractivity contribution is 7.22. The number of rotatable bonds is 8. The molecule has 0 N–H and O–H groups in total. The molecular weight excluding hydrogens is 460 g/mol. The summed E-state index contributed by atoms with van der Waals surface area (Å²) in [6, 6.07) is 10.3. The lowest BCUT2D eigenvalue weighted by atomic mass is 10.3. The zero-order valence-electron chi connectivity index (χ0n) is 17.3. The van der Waals surface area contributed by atoms with Crippen LogP contribution in [0.15, 0.2) is 42.5 Å². The number of ether oxygens (including phenoxy) is 2.